The van der Waals surface area contributed by atoms with Gasteiger partial charge in [-0.15, -0.1) is 0 Å². The zero-order valence-electron chi connectivity index (χ0n) is 8.77. The minimum atomic E-state index is -0.254. The fourth-order valence-corrected chi connectivity index (χ4v) is 2.13. The van der Waals surface area contributed by atoms with Crippen LogP contribution >= 0.6 is 11.8 Å². The van der Waals surface area contributed by atoms with Crippen molar-refractivity contribution >= 4 is 17.4 Å². The molecule has 0 aliphatic carbocycles. The molecule has 0 saturated heterocycles. The Bertz CT molecular complexity index is 514. The quantitative estimate of drug-likeness (QED) is 0.866. The summed E-state index contributed by atoms with van der Waals surface area (Å²) < 4.78 is 13.0. The van der Waals surface area contributed by atoms with Crippen LogP contribution in [0.2, 0.25) is 0 Å². The molecule has 0 spiro atoms. The van der Waals surface area contributed by atoms with Gasteiger partial charge in [0.1, 0.15) is 10.8 Å². The Morgan fingerprint density at radius 3 is 2.81 bits per heavy atom. The number of hydrogen-bond acceptors (Lipinski definition) is 3. The van der Waals surface area contributed by atoms with Gasteiger partial charge >= 0.3 is 0 Å². The van der Waals surface area contributed by atoms with Crippen LogP contribution in [0.1, 0.15) is 5.56 Å². The van der Waals surface area contributed by atoms with E-state index < -0.39 is 0 Å². The highest BCUT2D eigenvalue weighted by Gasteiger charge is 2.04. The van der Waals surface area contributed by atoms with Gasteiger partial charge in [-0.05, 0) is 36.8 Å². The first kappa shape index (κ1) is 11.0. The van der Waals surface area contributed by atoms with E-state index >= 15 is 0 Å². The topological polar surface area (TPSA) is 38.9 Å². The van der Waals surface area contributed by atoms with Crippen LogP contribution in [0.3, 0.4) is 0 Å². The monoisotopic (exact) mass is 234 g/mol. The van der Waals surface area contributed by atoms with Crippen molar-refractivity contribution in [1.82, 2.24) is 4.98 Å². The summed E-state index contributed by atoms with van der Waals surface area (Å²) >= 11 is 1.36. The molecule has 4 heteroatoms. The third kappa shape index (κ3) is 2.52. The van der Waals surface area contributed by atoms with Crippen molar-refractivity contribution in [2.24, 2.45) is 0 Å². The predicted molar refractivity (Wildman–Crippen MR) is 63.9 cm³/mol. The smallest absolute Gasteiger partial charge is 0.124 e. The van der Waals surface area contributed by atoms with Gasteiger partial charge in [0.25, 0.3) is 0 Å². The number of hydrogen-bond donors (Lipinski definition) is 1. The van der Waals surface area contributed by atoms with E-state index in [0.29, 0.717) is 10.7 Å². The van der Waals surface area contributed by atoms with Gasteiger partial charge in [0, 0.05) is 11.1 Å². The maximum atomic E-state index is 13.0. The number of aryl methyl sites for hydroxylation is 1. The standard InChI is InChI=1S/C12H11FN2S/c1-8-5-11(14)12(15-7-8)16-10-4-2-3-9(13)6-10/h2-7H,14H2,1H3. The molecule has 2 aromatic rings. The molecule has 1 heterocycles. The molecule has 0 atom stereocenters. The Kier molecular flexibility index (Phi) is 3.10. The van der Waals surface area contributed by atoms with Crippen molar-refractivity contribution in [2.45, 2.75) is 16.8 Å². The summed E-state index contributed by atoms with van der Waals surface area (Å²) in [5.74, 6) is -0.254. The second kappa shape index (κ2) is 4.53. The average Bonchev–Trinajstić information content (AvgIpc) is 2.22. The summed E-state index contributed by atoms with van der Waals surface area (Å²) in [6.07, 6.45) is 1.75. The first-order valence-corrected chi connectivity index (χ1v) is 5.62. The molecule has 0 saturated carbocycles. The zero-order valence-corrected chi connectivity index (χ0v) is 9.59. The number of benzene rings is 1. The van der Waals surface area contributed by atoms with Gasteiger partial charge in [-0.3, -0.25) is 0 Å². The third-order valence-corrected chi connectivity index (χ3v) is 3.05. The van der Waals surface area contributed by atoms with Crippen LogP contribution in [0.4, 0.5) is 10.1 Å². The summed E-state index contributed by atoms with van der Waals surface area (Å²) in [6.45, 7) is 1.93. The lowest BCUT2D eigenvalue weighted by molar-refractivity contribution is 0.624. The third-order valence-electron chi connectivity index (χ3n) is 2.03. The fourth-order valence-electron chi connectivity index (χ4n) is 1.31. The lowest BCUT2D eigenvalue weighted by Gasteiger charge is -2.05. The van der Waals surface area contributed by atoms with Crippen LogP contribution in [0.25, 0.3) is 0 Å². The molecule has 0 aliphatic rings. The van der Waals surface area contributed by atoms with Crippen LogP contribution < -0.4 is 5.73 Å². The summed E-state index contributed by atoms with van der Waals surface area (Å²) in [4.78, 5) is 5.01. The molecule has 0 radical (unpaired) electrons. The summed E-state index contributed by atoms with van der Waals surface area (Å²) in [5, 5.41) is 0.705. The van der Waals surface area contributed by atoms with E-state index in [0.717, 1.165) is 10.5 Å². The Morgan fingerprint density at radius 1 is 1.31 bits per heavy atom. The van der Waals surface area contributed by atoms with Crippen molar-refractivity contribution in [3.05, 3.63) is 47.9 Å². The molecule has 1 aromatic heterocycles. The second-order valence-corrected chi connectivity index (χ2v) is 4.53. The predicted octanol–water partition coefficient (Wildman–Crippen LogP) is 3.26. The number of anilines is 1. The molecule has 0 fully saturated rings. The van der Waals surface area contributed by atoms with Crippen LogP contribution in [0, 0.1) is 12.7 Å². The lowest BCUT2D eigenvalue weighted by atomic mass is 10.3. The Labute approximate surface area is 97.7 Å². The SMILES string of the molecule is Cc1cnc(Sc2cccc(F)c2)c(N)c1. The van der Waals surface area contributed by atoms with Gasteiger partial charge in [0.2, 0.25) is 0 Å². The van der Waals surface area contributed by atoms with Crippen LogP contribution in [-0.2, 0) is 0 Å². The first-order valence-electron chi connectivity index (χ1n) is 4.81. The second-order valence-electron chi connectivity index (χ2n) is 3.47. The van der Waals surface area contributed by atoms with Gasteiger partial charge < -0.3 is 5.73 Å². The molecule has 0 amide bonds. The highest BCUT2D eigenvalue weighted by atomic mass is 32.2. The molecule has 82 valence electrons. The molecule has 2 rings (SSSR count). The summed E-state index contributed by atoms with van der Waals surface area (Å²) in [7, 11) is 0. The minimum Gasteiger partial charge on any atom is -0.397 e. The average molecular weight is 234 g/mol. The van der Waals surface area contributed by atoms with Crippen molar-refractivity contribution in [3.63, 3.8) is 0 Å². The number of rotatable bonds is 2. The molecule has 0 unspecified atom stereocenters. The van der Waals surface area contributed by atoms with E-state index in [9.17, 15) is 4.39 Å². The van der Waals surface area contributed by atoms with E-state index in [-0.39, 0.29) is 5.82 Å². The van der Waals surface area contributed by atoms with Crippen LogP contribution in [0.5, 0.6) is 0 Å². The highest BCUT2D eigenvalue weighted by Crippen LogP contribution is 2.30. The zero-order chi connectivity index (χ0) is 11.5. The van der Waals surface area contributed by atoms with Gasteiger partial charge in [0.15, 0.2) is 0 Å². The Hall–Kier alpha value is -1.55. The van der Waals surface area contributed by atoms with Crippen molar-refractivity contribution in [3.8, 4) is 0 Å². The van der Waals surface area contributed by atoms with E-state index in [1.165, 1.54) is 23.9 Å². The number of pyridine rings is 1. The molecule has 2 N–H and O–H groups in total. The maximum Gasteiger partial charge on any atom is 0.124 e. The highest BCUT2D eigenvalue weighted by molar-refractivity contribution is 7.99. The van der Waals surface area contributed by atoms with Crippen molar-refractivity contribution < 1.29 is 4.39 Å². The Morgan fingerprint density at radius 2 is 2.12 bits per heavy atom. The fraction of sp³-hybridized carbons (Fsp3) is 0.0833. The summed E-state index contributed by atoms with van der Waals surface area (Å²) in [5.41, 5.74) is 7.46. The van der Waals surface area contributed by atoms with Gasteiger partial charge in [-0.2, -0.15) is 0 Å². The van der Waals surface area contributed by atoms with Crippen molar-refractivity contribution in [2.75, 3.05) is 5.73 Å². The largest absolute Gasteiger partial charge is 0.397 e. The van der Waals surface area contributed by atoms with E-state index in [4.69, 9.17) is 5.73 Å². The number of halogens is 1. The number of nitrogens with zero attached hydrogens (tertiary/aromatic N) is 1. The first-order chi connectivity index (χ1) is 7.65. The van der Waals surface area contributed by atoms with Gasteiger partial charge in [-0.25, -0.2) is 9.37 Å². The molecule has 16 heavy (non-hydrogen) atoms. The molecule has 1 aromatic carbocycles. The van der Waals surface area contributed by atoms with Gasteiger partial charge in [-0.1, -0.05) is 17.8 Å². The van der Waals surface area contributed by atoms with Crippen LogP contribution in [0.15, 0.2) is 46.5 Å². The van der Waals surface area contributed by atoms with E-state index in [2.05, 4.69) is 4.98 Å². The van der Waals surface area contributed by atoms with Crippen LogP contribution in [-0.4, -0.2) is 4.98 Å². The van der Waals surface area contributed by atoms with Crippen molar-refractivity contribution in [1.29, 1.82) is 0 Å². The van der Waals surface area contributed by atoms with E-state index in [1.54, 1.807) is 12.3 Å². The molecule has 2 nitrogen and oxygen atoms in total. The number of nitrogens with two attached hydrogens (primary N) is 1. The maximum absolute atomic E-state index is 13.0. The summed E-state index contributed by atoms with van der Waals surface area (Å²) in [6, 6.07) is 8.23. The molecule has 0 bridgehead atoms. The lowest BCUT2D eigenvalue weighted by Crippen LogP contribution is -1.92. The van der Waals surface area contributed by atoms with Gasteiger partial charge in [0.05, 0.1) is 5.69 Å². The van der Waals surface area contributed by atoms with E-state index in [1.807, 2.05) is 19.1 Å². The molecule has 0 aliphatic heterocycles. The molecular weight excluding hydrogens is 223 g/mol. The number of nitrogen functional groups attached to an aromatic ring is 1. The minimum absolute atomic E-state index is 0.254. The molecular formula is C12H11FN2S. The Balaban J connectivity index is 2.27. The normalized spacial score (nSPS) is 10.4. The number of aromatic nitrogens is 1.